The number of nitrogens with one attached hydrogen (secondary N) is 2. The molecular weight excluding hydrogens is 464 g/mol. The van der Waals surface area contributed by atoms with Crippen molar-refractivity contribution in [2.45, 2.75) is 84.2 Å². The van der Waals surface area contributed by atoms with Crippen LogP contribution in [0.2, 0.25) is 0 Å². The lowest BCUT2D eigenvalue weighted by molar-refractivity contribution is -0.137. The largest absolute Gasteiger partial charge is 0.444 e. The molecule has 2 aliphatic heterocycles. The van der Waals surface area contributed by atoms with E-state index in [1.165, 1.54) is 17.1 Å². The normalized spacial score (nSPS) is 17.6. The van der Waals surface area contributed by atoms with E-state index in [2.05, 4.69) is 10.6 Å². The molecule has 0 aromatic carbocycles. The van der Waals surface area contributed by atoms with Crippen molar-refractivity contribution < 1.29 is 28.7 Å². The average Bonchev–Trinajstić information content (AvgIpc) is 3.40. The first kappa shape index (κ1) is 29.3. The smallest absolute Gasteiger partial charge is 0.410 e. The number of hydrogen-bond acceptors (Lipinski definition) is 6. The predicted octanol–water partition coefficient (Wildman–Crippen LogP) is 2.52. The number of imide groups is 1. The summed E-state index contributed by atoms with van der Waals surface area (Å²) in [6.45, 7) is 8.34. The van der Waals surface area contributed by atoms with Gasteiger partial charge in [-0.15, -0.1) is 0 Å². The van der Waals surface area contributed by atoms with Gasteiger partial charge < -0.3 is 20.3 Å². The third-order valence-electron chi connectivity index (χ3n) is 6.11. The first-order valence-electron chi connectivity index (χ1n) is 13.1. The summed E-state index contributed by atoms with van der Waals surface area (Å²) in [5.74, 6) is -0.271. The molecule has 0 radical (unpaired) electrons. The van der Waals surface area contributed by atoms with Crippen molar-refractivity contribution in [1.29, 1.82) is 0 Å². The van der Waals surface area contributed by atoms with Crippen LogP contribution in [0.3, 0.4) is 0 Å². The third kappa shape index (κ3) is 11.2. The standard InChI is InChI=1S/C26H42N4O6/c1-26(2,3)36-25(35)29-17-14-20(19-29)18-28-22(32)11-6-4-8-15-27-21(31)10-7-5-9-16-30-23(33)12-13-24(30)34/h12-13,20H,4-11,14-19H2,1-3H3,(H,27,31)(H,28,32)/t20-/m0/s1. The monoisotopic (exact) mass is 506 g/mol. The topological polar surface area (TPSA) is 125 Å². The predicted molar refractivity (Wildman–Crippen MR) is 135 cm³/mol. The summed E-state index contributed by atoms with van der Waals surface area (Å²) in [5.41, 5.74) is -0.509. The highest BCUT2D eigenvalue weighted by atomic mass is 16.6. The highest BCUT2D eigenvalue weighted by molar-refractivity contribution is 6.12. The Morgan fingerprint density at radius 2 is 1.53 bits per heavy atom. The van der Waals surface area contributed by atoms with Gasteiger partial charge in [-0.25, -0.2) is 4.79 Å². The molecule has 10 heteroatoms. The van der Waals surface area contributed by atoms with Gasteiger partial charge in [0.15, 0.2) is 0 Å². The van der Waals surface area contributed by atoms with Crippen LogP contribution < -0.4 is 10.6 Å². The van der Waals surface area contributed by atoms with Gasteiger partial charge >= 0.3 is 6.09 Å². The van der Waals surface area contributed by atoms with Crippen LogP contribution in [0.1, 0.15) is 78.6 Å². The molecule has 0 saturated carbocycles. The number of nitrogens with zero attached hydrogens (tertiary/aromatic N) is 2. The van der Waals surface area contributed by atoms with Crippen LogP contribution in [0.15, 0.2) is 12.2 Å². The minimum Gasteiger partial charge on any atom is -0.444 e. The first-order valence-corrected chi connectivity index (χ1v) is 13.1. The molecule has 2 aliphatic rings. The van der Waals surface area contributed by atoms with E-state index >= 15 is 0 Å². The third-order valence-corrected chi connectivity index (χ3v) is 6.11. The summed E-state index contributed by atoms with van der Waals surface area (Å²) >= 11 is 0. The maximum Gasteiger partial charge on any atom is 0.410 e. The van der Waals surface area contributed by atoms with Crippen LogP contribution in [-0.4, -0.2) is 77.8 Å². The van der Waals surface area contributed by atoms with E-state index in [-0.39, 0.29) is 35.6 Å². The van der Waals surface area contributed by atoms with Crippen molar-refractivity contribution in [1.82, 2.24) is 20.4 Å². The van der Waals surface area contributed by atoms with Gasteiger partial charge in [0.05, 0.1) is 0 Å². The van der Waals surface area contributed by atoms with Gasteiger partial charge in [-0.05, 0) is 58.8 Å². The molecule has 2 N–H and O–H groups in total. The molecule has 0 aromatic rings. The Bertz CT molecular complexity index is 802. The van der Waals surface area contributed by atoms with Crippen LogP contribution in [0.4, 0.5) is 4.79 Å². The Kier molecular flexibility index (Phi) is 11.9. The van der Waals surface area contributed by atoms with Gasteiger partial charge in [0.25, 0.3) is 11.8 Å². The van der Waals surface area contributed by atoms with E-state index in [9.17, 15) is 24.0 Å². The van der Waals surface area contributed by atoms with Crippen LogP contribution in [0.5, 0.6) is 0 Å². The second kappa shape index (κ2) is 14.6. The van der Waals surface area contributed by atoms with E-state index in [0.29, 0.717) is 58.4 Å². The Labute approximate surface area is 214 Å². The van der Waals surface area contributed by atoms with Crippen LogP contribution in [0.25, 0.3) is 0 Å². The molecule has 0 aromatic heterocycles. The summed E-state index contributed by atoms with van der Waals surface area (Å²) in [6, 6.07) is 0. The second-order valence-corrected chi connectivity index (χ2v) is 10.5. The quantitative estimate of drug-likeness (QED) is 0.276. The van der Waals surface area contributed by atoms with Gasteiger partial charge in [-0.3, -0.25) is 24.1 Å². The SMILES string of the molecule is CC(C)(C)OC(=O)N1CC[C@@H](CNC(=O)CCCCCNC(=O)CCCCCN2C(=O)C=CC2=O)C1. The summed E-state index contributed by atoms with van der Waals surface area (Å²) in [4.78, 5) is 62.0. The number of carbonyl (C=O) groups excluding carboxylic acids is 5. The van der Waals surface area contributed by atoms with Crippen LogP contribution in [0, 0.1) is 5.92 Å². The lowest BCUT2D eigenvalue weighted by Crippen LogP contribution is -2.36. The van der Waals surface area contributed by atoms with E-state index in [1.54, 1.807) is 4.90 Å². The number of likely N-dealkylation sites (tertiary alicyclic amines) is 1. The molecule has 10 nitrogen and oxygen atoms in total. The van der Waals surface area contributed by atoms with Gasteiger partial charge in [0.1, 0.15) is 5.60 Å². The fourth-order valence-electron chi connectivity index (χ4n) is 4.13. The van der Waals surface area contributed by atoms with Gasteiger partial charge in [0, 0.05) is 57.7 Å². The number of ether oxygens (including phenoxy) is 1. The minimum atomic E-state index is -0.509. The lowest BCUT2D eigenvalue weighted by atomic mass is 10.1. The molecule has 0 spiro atoms. The summed E-state index contributed by atoms with van der Waals surface area (Å²) in [7, 11) is 0. The molecule has 5 amide bonds. The van der Waals surface area contributed by atoms with Crippen LogP contribution >= 0.6 is 0 Å². The Morgan fingerprint density at radius 1 is 0.917 bits per heavy atom. The number of unbranched alkanes of at least 4 members (excludes halogenated alkanes) is 4. The van der Waals surface area contributed by atoms with Crippen LogP contribution in [-0.2, 0) is 23.9 Å². The molecule has 2 rings (SSSR count). The van der Waals surface area contributed by atoms with Crippen molar-refractivity contribution in [3.8, 4) is 0 Å². The molecule has 202 valence electrons. The number of carbonyl (C=O) groups is 5. The molecule has 0 bridgehead atoms. The average molecular weight is 507 g/mol. The summed E-state index contributed by atoms with van der Waals surface area (Å²) in [5, 5.41) is 5.86. The Balaban J connectivity index is 1.41. The van der Waals surface area contributed by atoms with E-state index in [4.69, 9.17) is 4.74 Å². The highest BCUT2D eigenvalue weighted by Gasteiger charge is 2.29. The molecule has 0 unspecified atom stereocenters. The highest BCUT2D eigenvalue weighted by Crippen LogP contribution is 2.19. The summed E-state index contributed by atoms with van der Waals surface area (Å²) < 4.78 is 5.40. The van der Waals surface area contributed by atoms with Crippen molar-refractivity contribution in [2.75, 3.05) is 32.7 Å². The van der Waals surface area contributed by atoms with Crippen molar-refractivity contribution >= 4 is 29.7 Å². The van der Waals surface area contributed by atoms with Gasteiger partial charge in [0.2, 0.25) is 11.8 Å². The Hall–Kier alpha value is -2.91. The molecule has 36 heavy (non-hydrogen) atoms. The molecule has 2 heterocycles. The minimum absolute atomic E-state index is 0.000255. The van der Waals surface area contributed by atoms with E-state index < -0.39 is 5.60 Å². The number of rotatable bonds is 14. The molecule has 1 fully saturated rings. The maximum atomic E-state index is 12.1. The van der Waals surface area contributed by atoms with Crippen molar-refractivity contribution in [2.24, 2.45) is 5.92 Å². The first-order chi connectivity index (χ1) is 17.0. The van der Waals surface area contributed by atoms with E-state index in [0.717, 1.165) is 32.1 Å². The molecule has 1 saturated heterocycles. The molecular formula is C26H42N4O6. The van der Waals surface area contributed by atoms with Crippen molar-refractivity contribution in [3.63, 3.8) is 0 Å². The fraction of sp³-hybridized carbons (Fsp3) is 0.731. The van der Waals surface area contributed by atoms with Gasteiger partial charge in [-0.1, -0.05) is 12.8 Å². The zero-order valence-electron chi connectivity index (χ0n) is 22.0. The fourth-order valence-corrected chi connectivity index (χ4v) is 4.13. The Morgan fingerprint density at radius 3 is 2.17 bits per heavy atom. The number of amides is 5. The molecule has 1 atom stereocenters. The van der Waals surface area contributed by atoms with Gasteiger partial charge in [-0.2, -0.15) is 0 Å². The zero-order valence-corrected chi connectivity index (χ0v) is 22.0. The van der Waals surface area contributed by atoms with E-state index in [1.807, 2.05) is 20.8 Å². The lowest BCUT2D eigenvalue weighted by Gasteiger charge is -2.24. The number of hydrogen-bond donors (Lipinski definition) is 2. The zero-order chi connectivity index (χ0) is 26.6. The molecule has 0 aliphatic carbocycles. The second-order valence-electron chi connectivity index (χ2n) is 10.5. The summed E-state index contributed by atoms with van der Waals surface area (Å²) in [6.07, 6.45) is 8.62. The van der Waals surface area contributed by atoms with Crippen molar-refractivity contribution in [3.05, 3.63) is 12.2 Å². The maximum absolute atomic E-state index is 12.1.